The number of nitrogens with zero attached hydrogens (tertiary/aromatic N) is 2. The molecule has 1 saturated heterocycles. The van der Waals surface area contributed by atoms with Gasteiger partial charge in [-0.3, -0.25) is 9.10 Å². The van der Waals surface area contributed by atoms with Crippen molar-refractivity contribution >= 4 is 52.9 Å². The van der Waals surface area contributed by atoms with Gasteiger partial charge in [-0.05, 0) is 60.0 Å². The molecule has 2 aliphatic rings. The van der Waals surface area contributed by atoms with Crippen LogP contribution in [0.5, 0.6) is 5.75 Å². The zero-order valence-electron chi connectivity index (χ0n) is 22.1. The zero-order chi connectivity index (χ0) is 30.1. The van der Waals surface area contributed by atoms with E-state index in [1.807, 2.05) is 0 Å². The van der Waals surface area contributed by atoms with Crippen LogP contribution in [-0.2, 0) is 40.7 Å². The molecule has 3 aromatic rings. The first-order chi connectivity index (χ1) is 20.0. The second-order valence-corrected chi connectivity index (χ2v) is 15.8. The molecule has 2 aliphatic heterocycles. The number of hydrogen-bond acceptors (Lipinski definition) is 5. The van der Waals surface area contributed by atoms with Crippen LogP contribution in [-0.4, -0.2) is 60.7 Å². The lowest BCUT2D eigenvalue weighted by Gasteiger charge is -2.36. The number of fused-ring (bicyclic) bond motifs is 1. The van der Waals surface area contributed by atoms with Crippen molar-refractivity contribution in [1.82, 2.24) is 4.90 Å². The number of sulfonamides is 1. The Morgan fingerprint density at radius 1 is 1.02 bits per heavy atom. The first-order valence-electron chi connectivity index (χ1n) is 13.0. The van der Waals surface area contributed by atoms with Crippen LogP contribution in [0.15, 0.2) is 71.6 Å². The van der Waals surface area contributed by atoms with E-state index in [2.05, 4.69) is 0 Å². The first-order valence-corrected chi connectivity index (χ1v) is 17.6. The van der Waals surface area contributed by atoms with Crippen molar-refractivity contribution in [3.05, 3.63) is 77.3 Å². The molecule has 0 radical (unpaired) electrons. The molecule has 0 N–H and O–H groups in total. The van der Waals surface area contributed by atoms with Crippen molar-refractivity contribution in [3.63, 3.8) is 0 Å². The van der Waals surface area contributed by atoms with Crippen LogP contribution < -0.4 is 9.04 Å². The molecular formula is C28H26ClF3N2O5S3. The zero-order valence-corrected chi connectivity index (χ0v) is 25.3. The molecule has 224 valence electrons. The molecule has 2 heterocycles. The number of ether oxygens (including phenoxy) is 1. The first kappa shape index (κ1) is 30.6. The summed E-state index contributed by atoms with van der Waals surface area (Å²) in [5.74, 6) is 1.40. The van der Waals surface area contributed by atoms with Crippen molar-refractivity contribution in [1.29, 1.82) is 0 Å². The van der Waals surface area contributed by atoms with E-state index >= 15 is 0 Å². The van der Waals surface area contributed by atoms with Gasteiger partial charge in [0.25, 0.3) is 10.0 Å². The number of anilines is 1. The molecule has 0 bridgehead atoms. The second-order valence-electron chi connectivity index (χ2n) is 9.83. The van der Waals surface area contributed by atoms with E-state index in [1.54, 1.807) is 47.4 Å². The number of amides is 1. The van der Waals surface area contributed by atoms with Gasteiger partial charge >= 0.3 is 6.18 Å². The fourth-order valence-electron chi connectivity index (χ4n) is 4.90. The van der Waals surface area contributed by atoms with Crippen molar-refractivity contribution in [3.8, 4) is 16.9 Å². The van der Waals surface area contributed by atoms with Gasteiger partial charge in [-0.1, -0.05) is 45.3 Å². The Balaban J connectivity index is 1.46. The standard InChI is InChI=1S/C28H26ClF3N2O5S3/c29-22-5-1-3-19(15-22)20-7-9-26-25(16-20)34(42(37,38)24-6-2-4-21(17-24)28(30,31)32)18-23(39-26)8-10-27(35)33-11-13-41(40-36)14-12-33/h1-7,9,15-17,23H,8,10-14,18H2/t23-/m0/s1. The molecule has 5 rings (SSSR count). The van der Waals surface area contributed by atoms with Gasteiger partial charge in [0.1, 0.15) is 22.1 Å². The summed E-state index contributed by atoms with van der Waals surface area (Å²) in [5.41, 5.74) is 0.449. The van der Waals surface area contributed by atoms with E-state index in [4.69, 9.17) is 16.3 Å². The number of rotatable bonds is 6. The number of carbonyl (C=O) groups is 1. The molecule has 3 aromatic carbocycles. The van der Waals surface area contributed by atoms with Crippen molar-refractivity contribution in [2.45, 2.75) is 30.0 Å². The molecule has 14 heteroatoms. The molecule has 7 nitrogen and oxygen atoms in total. The van der Waals surface area contributed by atoms with Gasteiger partial charge in [-0.2, -0.15) is 13.2 Å². The summed E-state index contributed by atoms with van der Waals surface area (Å²) in [7, 11) is -4.17. The van der Waals surface area contributed by atoms with Crippen LogP contribution in [0, 0.1) is 0 Å². The lowest BCUT2D eigenvalue weighted by molar-refractivity contribution is -0.137. The van der Waals surface area contributed by atoms with E-state index in [9.17, 15) is 30.6 Å². The third-order valence-electron chi connectivity index (χ3n) is 7.10. The molecule has 0 saturated carbocycles. The molecule has 1 fully saturated rings. The minimum atomic E-state index is -4.72. The highest BCUT2D eigenvalue weighted by atomic mass is 35.5. The minimum Gasteiger partial charge on any atom is -0.486 e. The smallest absolute Gasteiger partial charge is 0.416 e. The van der Waals surface area contributed by atoms with Crippen LogP contribution >= 0.6 is 11.6 Å². The monoisotopic (exact) mass is 658 g/mol. The van der Waals surface area contributed by atoms with E-state index in [0.717, 1.165) is 22.5 Å². The Bertz CT molecular complexity index is 1670. The Morgan fingerprint density at radius 2 is 1.74 bits per heavy atom. The van der Waals surface area contributed by atoms with E-state index in [0.29, 0.717) is 57.0 Å². The highest BCUT2D eigenvalue weighted by molar-refractivity contribution is 8.31. The average Bonchev–Trinajstić information content (AvgIpc) is 2.98. The molecule has 0 spiro atoms. The summed E-state index contributed by atoms with van der Waals surface area (Å²) in [5, 5.41) is 0.483. The van der Waals surface area contributed by atoms with Crippen LogP contribution in [0.4, 0.5) is 18.9 Å². The Hall–Kier alpha value is -2.87. The van der Waals surface area contributed by atoms with Gasteiger partial charge in [0.05, 0.1) is 22.7 Å². The summed E-state index contributed by atoms with van der Waals surface area (Å²) in [4.78, 5) is 14.1. The summed E-state index contributed by atoms with van der Waals surface area (Å²) in [6.45, 7) is 0.788. The van der Waals surface area contributed by atoms with E-state index in [-0.39, 0.29) is 46.2 Å². The van der Waals surface area contributed by atoms with Crippen LogP contribution in [0.1, 0.15) is 18.4 Å². The number of carbonyl (C=O) groups excluding carboxylic acids is 1. The van der Waals surface area contributed by atoms with Gasteiger partial charge in [-0.15, -0.1) is 0 Å². The number of halogens is 4. The SMILES string of the molecule is O=S=S1CCN(C(=O)CC[C@H]2CN(S(=O)(=O)c3cccc(C(F)(F)F)c3)c3cc(-c4cccc(Cl)c4)ccc3O2)CC1. The van der Waals surface area contributed by atoms with Gasteiger partial charge < -0.3 is 9.64 Å². The molecule has 0 aromatic heterocycles. The topological polar surface area (TPSA) is 84.0 Å². The highest BCUT2D eigenvalue weighted by Crippen LogP contribution is 2.41. The normalized spacial score (nSPS) is 17.9. The highest BCUT2D eigenvalue weighted by Gasteiger charge is 2.37. The quantitative estimate of drug-likeness (QED) is 0.357. The fraction of sp³-hybridized carbons (Fsp3) is 0.321. The fourth-order valence-corrected chi connectivity index (χ4v) is 8.67. The molecule has 0 unspecified atom stereocenters. The number of hydrogen-bond donors (Lipinski definition) is 0. The Labute approximate surface area is 251 Å². The maximum Gasteiger partial charge on any atom is 0.416 e. The van der Waals surface area contributed by atoms with Gasteiger partial charge in [0.15, 0.2) is 0 Å². The maximum atomic E-state index is 13.9. The average molecular weight is 659 g/mol. The minimum absolute atomic E-state index is 0.0936. The molecule has 42 heavy (non-hydrogen) atoms. The number of alkyl halides is 3. The summed E-state index contributed by atoms with van der Waals surface area (Å²) in [6.07, 6.45) is -5.16. The lowest BCUT2D eigenvalue weighted by Crippen LogP contribution is -2.45. The predicted molar refractivity (Wildman–Crippen MR) is 158 cm³/mol. The van der Waals surface area contributed by atoms with Crippen molar-refractivity contribution < 1.29 is 35.3 Å². The second kappa shape index (κ2) is 12.4. The van der Waals surface area contributed by atoms with Gasteiger partial charge in [0, 0.05) is 36.0 Å². The van der Waals surface area contributed by atoms with Gasteiger partial charge in [-0.25, -0.2) is 12.6 Å². The third kappa shape index (κ3) is 6.69. The molecular weight excluding hydrogens is 633 g/mol. The molecule has 1 amide bonds. The maximum absolute atomic E-state index is 13.9. The Kier molecular flexibility index (Phi) is 9.02. The van der Waals surface area contributed by atoms with Crippen LogP contribution in [0.2, 0.25) is 5.02 Å². The molecule has 1 atom stereocenters. The number of benzene rings is 3. The van der Waals surface area contributed by atoms with E-state index < -0.39 is 32.8 Å². The van der Waals surface area contributed by atoms with Crippen molar-refractivity contribution in [2.75, 3.05) is 35.4 Å². The summed E-state index contributed by atoms with van der Waals surface area (Å²) < 4.78 is 86.4. The van der Waals surface area contributed by atoms with Crippen LogP contribution in [0.25, 0.3) is 11.1 Å². The largest absolute Gasteiger partial charge is 0.486 e. The van der Waals surface area contributed by atoms with Crippen molar-refractivity contribution in [2.24, 2.45) is 0 Å². The van der Waals surface area contributed by atoms with Gasteiger partial charge in [0.2, 0.25) is 5.91 Å². The summed E-state index contributed by atoms with van der Waals surface area (Å²) >= 11 is 6.15. The predicted octanol–water partition coefficient (Wildman–Crippen LogP) is 5.35. The van der Waals surface area contributed by atoms with E-state index in [1.165, 1.54) is 0 Å². The Morgan fingerprint density at radius 3 is 2.43 bits per heavy atom. The molecule has 0 aliphatic carbocycles. The summed E-state index contributed by atoms with van der Waals surface area (Å²) in [6, 6.07) is 15.6. The third-order valence-corrected chi connectivity index (χ3v) is 12.2. The lowest BCUT2D eigenvalue weighted by atomic mass is 10.0. The van der Waals surface area contributed by atoms with Crippen LogP contribution in [0.3, 0.4) is 0 Å².